The first kappa shape index (κ1) is 44.7. The second-order valence-electron chi connectivity index (χ2n) is 15.8. The molecule has 14 heteroatoms. The fourth-order valence-corrected chi connectivity index (χ4v) is 8.24. The van der Waals surface area contributed by atoms with E-state index in [4.69, 9.17) is 4.74 Å². The minimum Gasteiger partial charge on any atom is -0.465 e. The quantitative estimate of drug-likeness (QED) is 0.192. The second-order valence-corrected chi connectivity index (χ2v) is 17.1. The summed E-state index contributed by atoms with van der Waals surface area (Å²) in [5.41, 5.74) is 2.68. The fraction of sp³-hybridized carbons (Fsp3) is 0.725. The first-order valence-electron chi connectivity index (χ1n) is 20.0. The van der Waals surface area contributed by atoms with Crippen molar-refractivity contribution >= 4 is 40.9 Å². The summed E-state index contributed by atoms with van der Waals surface area (Å²) >= 11 is 0. The number of carbonyl (C=O) groups excluding carboxylic acids is 4. The van der Waals surface area contributed by atoms with E-state index in [-0.39, 0.29) is 18.4 Å². The van der Waals surface area contributed by atoms with Gasteiger partial charge in [-0.1, -0.05) is 98.3 Å². The maximum Gasteiger partial charge on any atom is 0.407 e. The van der Waals surface area contributed by atoms with Crippen LogP contribution in [0.4, 0.5) is 9.59 Å². The average molecular weight is 776 g/mol. The Labute approximate surface area is 324 Å². The Morgan fingerprint density at radius 1 is 1.00 bits per heavy atom. The fourth-order valence-electron chi connectivity index (χ4n) is 7.31. The van der Waals surface area contributed by atoms with Crippen LogP contribution in [0.2, 0.25) is 0 Å². The zero-order valence-electron chi connectivity index (χ0n) is 33.4. The SMILES string of the molecule is CC.CC(CCCCc1cccc2c1CN(C(=O)O)C2)COC(=O)NC(C(=O)N1CCCC1C(=O)NC1CCCCCCCCS(=O)NC1=O)C(C)(C)C. The van der Waals surface area contributed by atoms with E-state index < -0.39 is 58.5 Å². The number of fused-ring (bicyclic) bond motifs is 1. The first-order chi connectivity index (χ1) is 25.7. The normalized spacial score (nSPS) is 21.9. The van der Waals surface area contributed by atoms with Gasteiger partial charge < -0.3 is 25.4 Å². The number of alkyl carbamates (subject to hydrolysis) is 1. The van der Waals surface area contributed by atoms with E-state index in [2.05, 4.69) is 21.4 Å². The Bertz CT molecular complexity index is 1450. The summed E-state index contributed by atoms with van der Waals surface area (Å²) in [4.78, 5) is 67.9. The second kappa shape index (κ2) is 22.0. The lowest BCUT2D eigenvalue weighted by atomic mass is 9.85. The van der Waals surface area contributed by atoms with Gasteiger partial charge in [-0.25, -0.2) is 13.8 Å². The van der Waals surface area contributed by atoms with Gasteiger partial charge in [0.25, 0.3) is 5.91 Å². The highest BCUT2D eigenvalue weighted by Gasteiger charge is 2.43. The highest BCUT2D eigenvalue weighted by molar-refractivity contribution is 7.83. The van der Waals surface area contributed by atoms with Crippen molar-refractivity contribution in [3.8, 4) is 0 Å². The summed E-state index contributed by atoms with van der Waals surface area (Å²) < 4.78 is 20.5. The van der Waals surface area contributed by atoms with E-state index in [9.17, 15) is 33.3 Å². The minimum atomic E-state index is -1.51. The van der Waals surface area contributed by atoms with Gasteiger partial charge in [0.2, 0.25) is 11.8 Å². The number of nitrogens with one attached hydrogen (secondary N) is 3. The molecule has 3 aliphatic rings. The molecule has 0 bridgehead atoms. The summed E-state index contributed by atoms with van der Waals surface area (Å²) in [6, 6.07) is 3.46. The average Bonchev–Trinajstić information content (AvgIpc) is 3.80. The topological polar surface area (TPSA) is 174 Å². The van der Waals surface area contributed by atoms with Crippen LogP contribution < -0.4 is 15.4 Å². The zero-order valence-corrected chi connectivity index (χ0v) is 34.2. The Kier molecular flexibility index (Phi) is 18.2. The van der Waals surface area contributed by atoms with Crippen molar-refractivity contribution in [2.75, 3.05) is 18.9 Å². The molecule has 1 aromatic carbocycles. The number of ether oxygens (including phenoxy) is 1. The van der Waals surface area contributed by atoms with Crippen LogP contribution in [0.5, 0.6) is 0 Å². The van der Waals surface area contributed by atoms with Gasteiger partial charge in [0.15, 0.2) is 0 Å². The van der Waals surface area contributed by atoms with Gasteiger partial charge >= 0.3 is 12.2 Å². The molecule has 0 aliphatic carbocycles. The van der Waals surface area contributed by atoms with Crippen LogP contribution in [0.15, 0.2) is 18.2 Å². The van der Waals surface area contributed by atoms with Crippen LogP contribution in [-0.4, -0.2) is 86.1 Å². The lowest BCUT2D eigenvalue weighted by Gasteiger charge is -2.35. The maximum absolute atomic E-state index is 14.0. The molecule has 4 rings (SSSR count). The predicted octanol–water partition coefficient (Wildman–Crippen LogP) is 6.20. The third kappa shape index (κ3) is 13.6. The maximum atomic E-state index is 14.0. The first-order valence-corrected chi connectivity index (χ1v) is 21.4. The van der Waals surface area contributed by atoms with E-state index in [0.29, 0.717) is 44.6 Å². The number of carbonyl (C=O) groups is 5. The third-order valence-electron chi connectivity index (χ3n) is 10.4. The third-order valence-corrected chi connectivity index (χ3v) is 11.5. The number of hydrogen-bond donors (Lipinski definition) is 4. The Morgan fingerprint density at radius 3 is 2.41 bits per heavy atom. The van der Waals surface area contributed by atoms with E-state index in [1.165, 1.54) is 15.4 Å². The van der Waals surface area contributed by atoms with Gasteiger partial charge in [-0.3, -0.25) is 24.0 Å². The van der Waals surface area contributed by atoms with Crippen molar-refractivity contribution in [2.45, 2.75) is 156 Å². The molecule has 13 nitrogen and oxygen atoms in total. The lowest BCUT2D eigenvalue weighted by Crippen LogP contribution is -2.59. The molecule has 2 fully saturated rings. The number of carboxylic acid groups (broad SMARTS) is 1. The standard InChI is InChI=1S/C38H59N5O8S.C2H6/c1-26(15-10-11-16-27-17-13-18-28-23-42(37(48)49)24-29(27)28)25-51-36(47)40-32(38(2,3)4)35(46)43-21-14-20-31(43)34(45)39-30-19-9-7-5-6-8-12-22-52(50)41-33(30)44;1-2/h13,17-18,26,30-32H,5-12,14-16,19-25H2,1-4H3,(H,39,45)(H,40,47)(H,41,44)(H,48,49);1-2H3. The molecule has 304 valence electrons. The Hall–Kier alpha value is -3.68. The van der Waals surface area contributed by atoms with Crippen molar-refractivity contribution in [3.05, 3.63) is 34.9 Å². The molecule has 5 amide bonds. The Balaban J connectivity index is 0.00000385. The molecule has 1 aromatic rings. The number of nitrogens with zero attached hydrogens (tertiary/aromatic N) is 2. The van der Waals surface area contributed by atoms with Gasteiger partial charge in [-0.2, -0.15) is 0 Å². The minimum absolute atomic E-state index is 0.0931. The molecule has 5 atom stereocenters. The van der Waals surface area contributed by atoms with Gasteiger partial charge in [-0.15, -0.1) is 0 Å². The Morgan fingerprint density at radius 2 is 1.70 bits per heavy atom. The summed E-state index contributed by atoms with van der Waals surface area (Å²) in [5, 5.41) is 15.0. The number of aryl methyl sites for hydroxylation is 1. The van der Waals surface area contributed by atoms with Crippen molar-refractivity contribution in [1.29, 1.82) is 0 Å². The number of amides is 5. The van der Waals surface area contributed by atoms with Crippen LogP contribution in [0.3, 0.4) is 0 Å². The highest BCUT2D eigenvalue weighted by Crippen LogP contribution is 2.28. The van der Waals surface area contributed by atoms with Crippen LogP contribution in [0.25, 0.3) is 0 Å². The molecule has 54 heavy (non-hydrogen) atoms. The van der Waals surface area contributed by atoms with Crippen LogP contribution in [-0.2, 0) is 49.6 Å². The van der Waals surface area contributed by atoms with Gasteiger partial charge in [0.05, 0.1) is 6.61 Å². The molecule has 0 aromatic heterocycles. The molecule has 3 heterocycles. The number of unbranched alkanes of at least 4 members (excludes halogenated alkanes) is 1. The van der Waals surface area contributed by atoms with Crippen molar-refractivity contribution in [2.24, 2.45) is 11.3 Å². The van der Waals surface area contributed by atoms with E-state index in [1.54, 1.807) is 0 Å². The number of benzene rings is 1. The van der Waals surface area contributed by atoms with Crippen LogP contribution in [0, 0.1) is 11.3 Å². The largest absolute Gasteiger partial charge is 0.465 e. The molecule has 0 saturated carbocycles. The predicted molar refractivity (Wildman–Crippen MR) is 210 cm³/mol. The van der Waals surface area contributed by atoms with Crippen molar-refractivity contribution in [1.82, 2.24) is 25.2 Å². The van der Waals surface area contributed by atoms with E-state index in [1.807, 2.05) is 53.7 Å². The van der Waals surface area contributed by atoms with Crippen molar-refractivity contribution < 1.29 is 38.0 Å². The number of likely N-dealkylation sites (tertiary alicyclic amines) is 1. The van der Waals surface area contributed by atoms with E-state index in [0.717, 1.165) is 75.3 Å². The van der Waals surface area contributed by atoms with Crippen LogP contribution >= 0.6 is 0 Å². The van der Waals surface area contributed by atoms with Crippen molar-refractivity contribution in [3.63, 3.8) is 0 Å². The summed E-state index contributed by atoms with van der Waals surface area (Å²) in [5.74, 6) is -0.795. The summed E-state index contributed by atoms with van der Waals surface area (Å²) in [6.45, 7) is 12.9. The monoisotopic (exact) mass is 775 g/mol. The zero-order chi connectivity index (χ0) is 39.8. The molecule has 0 spiro atoms. The molecule has 3 aliphatic heterocycles. The lowest BCUT2D eigenvalue weighted by molar-refractivity contribution is -0.142. The molecule has 2 saturated heterocycles. The molecule has 5 unspecified atom stereocenters. The molecular weight excluding hydrogens is 711 g/mol. The molecule has 0 radical (unpaired) electrons. The highest BCUT2D eigenvalue weighted by atomic mass is 32.2. The van der Waals surface area contributed by atoms with Crippen LogP contribution in [0.1, 0.15) is 135 Å². The summed E-state index contributed by atoms with van der Waals surface area (Å²) in [6.07, 6.45) is 8.91. The van der Waals surface area contributed by atoms with Gasteiger partial charge in [-0.05, 0) is 73.0 Å². The summed E-state index contributed by atoms with van der Waals surface area (Å²) in [7, 11) is -1.51. The van der Waals surface area contributed by atoms with Gasteiger partial charge in [0, 0.05) is 25.4 Å². The number of hydrogen-bond acceptors (Lipinski definition) is 7. The molecular formula is C40H65N5O8S. The number of rotatable bonds is 11. The smallest absolute Gasteiger partial charge is 0.407 e. The van der Waals surface area contributed by atoms with Gasteiger partial charge in [0.1, 0.15) is 29.1 Å². The molecule has 4 N–H and O–H groups in total. The van der Waals surface area contributed by atoms with E-state index >= 15 is 0 Å².